The molecule has 1 saturated heterocycles. The van der Waals surface area contributed by atoms with Gasteiger partial charge in [0.1, 0.15) is 0 Å². The molecule has 0 aliphatic carbocycles. The van der Waals surface area contributed by atoms with Crippen LogP contribution in [-0.4, -0.2) is 55.3 Å². The van der Waals surface area contributed by atoms with Gasteiger partial charge in [0.15, 0.2) is 0 Å². The number of hydrogen-bond donors (Lipinski definition) is 1. The van der Waals surface area contributed by atoms with E-state index in [-0.39, 0.29) is 44.5 Å². The van der Waals surface area contributed by atoms with Crippen molar-refractivity contribution in [1.29, 1.82) is 0 Å². The number of allylic oxidation sites excluding steroid dienone is 1. The van der Waals surface area contributed by atoms with Crippen molar-refractivity contribution in [2.24, 2.45) is 0 Å². The van der Waals surface area contributed by atoms with E-state index in [4.69, 9.17) is 4.74 Å². The molecule has 0 bridgehead atoms. The van der Waals surface area contributed by atoms with Crippen LogP contribution in [0, 0.1) is 0 Å². The number of nitrogens with one attached hydrogen (secondary N) is 1. The van der Waals surface area contributed by atoms with Crippen LogP contribution in [0.2, 0.25) is 5.32 Å². The van der Waals surface area contributed by atoms with Crippen LogP contribution < -0.4 is 9.78 Å². The van der Waals surface area contributed by atoms with Crippen molar-refractivity contribution >= 4 is 37.2 Å². The first-order valence-corrected chi connectivity index (χ1v) is 11.9. The summed E-state index contributed by atoms with van der Waals surface area (Å²) >= 11 is 0.178. The SMILES string of the molecule is CC=C(NC(C)=O)C(=O)N1C(C[Se]c2ccccc2)CCC1C(=O)OC(C)(C)C. The van der Waals surface area contributed by atoms with Crippen LogP contribution >= 0.6 is 0 Å². The predicted octanol–water partition coefficient (Wildman–Crippen LogP) is 2.18. The average Bonchev–Trinajstić information content (AvgIpc) is 3.07. The van der Waals surface area contributed by atoms with Crippen LogP contribution in [0.1, 0.15) is 47.5 Å². The standard InChI is InChI=1S/C22H30N2O4Se/c1-6-18(23-15(2)25)20(26)24-16(14-29-17-10-8-7-9-11-17)12-13-19(24)21(27)28-22(3,4)5/h6-11,16,19H,12-14H2,1-5H3,(H,23,25). The Morgan fingerprint density at radius 2 is 1.86 bits per heavy atom. The van der Waals surface area contributed by atoms with Gasteiger partial charge in [-0.2, -0.15) is 0 Å². The Morgan fingerprint density at radius 1 is 1.21 bits per heavy atom. The summed E-state index contributed by atoms with van der Waals surface area (Å²) in [5.74, 6) is -1.03. The second-order valence-corrected chi connectivity index (χ2v) is 10.3. The Morgan fingerprint density at radius 3 is 2.41 bits per heavy atom. The van der Waals surface area contributed by atoms with E-state index in [0.717, 1.165) is 11.7 Å². The van der Waals surface area contributed by atoms with E-state index >= 15 is 0 Å². The molecule has 0 saturated carbocycles. The first kappa shape index (κ1) is 23.2. The molecule has 2 unspecified atom stereocenters. The molecule has 0 radical (unpaired) electrons. The van der Waals surface area contributed by atoms with Gasteiger partial charge in [0, 0.05) is 0 Å². The van der Waals surface area contributed by atoms with Crippen LogP contribution in [-0.2, 0) is 19.1 Å². The first-order chi connectivity index (χ1) is 13.6. The van der Waals surface area contributed by atoms with Gasteiger partial charge in [0.25, 0.3) is 0 Å². The molecular weight excluding hydrogens is 435 g/mol. The zero-order chi connectivity index (χ0) is 21.6. The number of hydrogen-bond acceptors (Lipinski definition) is 4. The van der Waals surface area contributed by atoms with Crippen LogP contribution in [0.3, 0.4) is 0 Å². The monoisotopic (exact) mass is 466 g/mol. The Balaban J connectivity index is 2.23. The molecule has 1 aromatic rings. The molecule has 6 nitrogen and oxygen atoms in total. The molecular formula is C22H30N2O4Se. The Labute approximate surface area is 179 Å². The number of amides is 2. The molecule has 2 atom stereocenters. The second kappa shape index (κ2) is 10.1. The minimum atomic E-state index is -0.637. The van der Waals surface area contributed by atoms with E-state index in [0.29, 0.717) is 6.42 Å². The molecule has 29 heavy (non-hydrogen) atoms. The van der Waals surface area contributed by atoms with Gasteiger partial charge in [-0.25, -0.2) is 0 Å². The molecule has 1 aliphatic heterocycles. The molecule has 1 fully saturated rings. The van der Waals surface area contributed by atoms with Crippen molar-refractivity contribution in [1.82, 2.24) is 10.2 Å². The average molecular weight is 465 g/mol. The number of ether oxygens (including phenoxy) is 1. The van der Waals surface area contributed by atoms with Crippen molar-refractivity contribution in [2.75, 3.05) is 0 Å². The quantitative estimate of drug-likeness (QED) is 0.397. The number of carbonyl (C=O) groups excluding carboxylic acids is 3. The van der Waals surface area contributed by atoms with Crippen molar-refractivity contribution < 1.29 is 19.1 Å². The fourth-order valence-electron chi connectivity index (χ4n) is 3.24. The maximum atomic E-state index is 13.3. The zero-order valence-electron chi connectivity index (χ0n) is 17.7. The van der Waals surface area contributed by atoms with Gasteiger partial charge in [-0.3, -0.25) is 0 Å². The van der Waals surface area contributed by atoms with E-state index in [1.54, 1.807) is 17.9 Å². The summed E-state index contributed by atoms with van der Waals surface area (Å²) < 4.78 is 6.82. The topological polar surface area (TPSA) is 75.7 Å². The maximum absolute atomic E-state index is 13.3. The number of benzene rings is 1. The molecule has 158 valence electrons. The van der Waals surface area contributed by atoms with E-state index < -0.39 is 11.6 Å². The molecule has 7 heteroatoms. The van der Waals surface area contributed by atoms with E-state index in [1.807, 2.05) is 39.0 Å². The van der Waals surface area contributed by atoms with Crippen molar-refractivity contribution in [2.45, 2.75) is 70.5 Å². The molecule has 1 N–H and O–H groups in total. The van der Waals surface area contributed by atoms with E-state index in [2.05, 4.69) is 17.4 Å². The zero-order valence-corrected chi connectivity index (χ0v) is 19.4. The number of rotatable bonds is 6. The molecule has 2 amide bonds. The minimum absolute atomic E-state index is 0.0658. The normalized spacial score (nSPS) is 19.8. The van der Waals surface area contributed by atoms with Gasteiger partial charge in [0.2, 0.25) is 0 Å². The van der Waals surface area contributed by atoms with Crippen LogP contribution in [0.25, 0.3) is 0 Å². The van der Waals surface area contributed by atoms with Crippen molar-refractivity contribution in [3.63, 3.8) is 0 Å². The Hall–Kier alpha value is -2.11. The summed E-state index contributed by atoms with van der Waals surface area (Å²) in [5.41, 5.74) is -0.427. The number of likely N-dealkylation sites (tertiary alicyclic amines) is 1. The van der Waals surface area contributed by atoms with Gasteiger partial charge in [0.05, 0.1) is 0 Å². The summed E-state index contributed by atoms with van der Waals surface area (Å²) in [7, 11) is 0. The van der Waals surface area contributed by atoms with Crippen LogP contribution in [0.15, 0.2) is 42.1 Å². The van der Waals surface area contributed by atoms with Crippen molar-refractivity contribution in [3.05, 3.63) is 42.1 Å². The third-order valence-electron chi connectivity index (χ3n) is 4.43. The summed E-state index contributed by atoms with van der Waals surface area (Å²) in [6, 6.07) is 9.46. The number of carbonyl (C=O) groups is 3. The Bertz CT molecular complexity index is 771. The van der Waals surface area contributed by atoms with Crippen molar-refractivity contribution in [3.8, 4) is 0 Å². The summed E-state index contributed by atoms with van der Waals surface area (Å²) in [6.07, 6.45) is 2.88. The molecule has 2 rings (SSSR count). The molecule has 0 spiro atoms. The number of nitrogens with zero attached hydrogens (tertiary/aromatic N) is 1. The summed E-state index contributed by atoms with van der Waals surface area (Å²) in [6.45, 7) is 8.51. The third-order valence-corrected chi connectivity index (χ3v) is 6.86. The fourth-order valence-corrected chi connectivity index (χ4v) is 5.47. The number of esters is 1. The molecule has 1 aromatic carbocycles. The van der Waals surface area contributed by atoms with Gasteiger partial charge in [-0.1, -0.05) is 0 Å². The molecule has 0 aromatic heterocycles. The predicted molar refractivity (Wildman–Crippen MR) is 114 cm³/mol. The van der Waals surface area contributed by atoms with Gasteiger partial charge in [-0.15, -0.1) is 0 Å². The fraction of sp³-hybridized carbons (Fsp3) is 0.500. The summed E-state index contributed by atoms with van der Waals surface area (Å²) in [5, 5.41) is 3.40. The van der Waals surface area contributed by atoms with Gasteiger partial charge >= 0.3 is 179 Å². The van der Waals surface area contributed by atoms with Crippen LogP contribution in [0.4, 0.5) is 0 Å². The molecule has 1 heterocycles. The Kier molecular flexibility index (Phi) is 8.05. The van der Waals surface area contributed by atoms with E-state index in [9.17, 15) is 14.4 Å². The van der Waals surface area contributed by atoms with E-state index in [1.165, 1.54) is 11.4 Å². The van der Waals surface area contributed by atoms with Crippen LogP contribution in [0.5, 0.6) is 0 Å². The van der Waals surface area contributed by atoms with Gasteiger partial charge in [-0.05, 0) is 0 Å². The second-order valence-electron chi connectivity index (χ2n) is 8.00. The van der Waals surface area contributed by atoms with Gasteiger partial charge < -0.3 is 0 Å². The molecule has 1 aliphatic rings. The first-order valence-electron chi connectivity index (χ1n) is 9.79. The third kappa shape index (κ3) is 6.72. The summed E-state index contributed by atoms with van der Waals surface area (Å²) in [4.78, 5) is 39.2.